The minimum Gasteiger partial charge on any atom is -0.372 e. The Kier molecular flexibility index (Phi) is 5.22. The maximum Gasteiger partial charge on any atom is 0.122 e. The van der Waals surface area contributed by atoms with E-state index in [-0.39, 0.29) is 6.10 Å². The third kappa shape index (κ3) is 3.55. The molecule has 1 aromatic heterocycles. The summed E-state index contributed by atoms with van der Waals surface area (Å²) < 4.78 is 5.53. The van der Waals surface area contributed by atoms with E-state index in [4.69, 9.17) is 4.74 Å². The molecule has 1 unspecified atom stereocenters. The minimum atomic E-state index is 0.120. The van der Waals surface area contributed by atoms with Gasteiger partial charge in [0.1, 0.15) is 11.1 Å². The van der Waals surface area contributed by atoms with E-state index < -0.39 is 0 Å². The molecule has 0 aromatic carbocycles. The van der Waals surface area contributed by atoms with Gasteiger partial charge < -0.3 is 10.1 Å². The molecule has 0 radical (unpaired) electrons. The maximum absolute atomic E-state index is 5.53. The summed E-state index contributed by atoms with van der Waals surface area (Å²) in [6.45, 7) is 10.9. The van der Waals surface area contributed by atoms with Crippen molar-refractivity contribution >= 4 is 11.3 Å². The quantitative estimate of drug-likeness (QED) is 0.813. The Morgan fingerprint density at radius 1 is 1.47 bits per heavy atom. The summed E-state index contributed by atoms with van der Waals surface area (Å²) in [5.41, 5.74) is 1.13. The fraction of sp³-hybridized carbons (Fsp3) is 0.727. The highest BCUT2D eigenvalue weighted by Crippen LogP contribution is 2.25. The molecular weight excluding hydrogens is 208 g/mol. The third-order valence-electron chi connectivity index (χ3n) is 2.21. The highest BCUT2D eigenvalue weighted by atomic mass is 32.1. The van der Waals surface area contributed by atoms with E-state index in [0.717, 1.165) is 30.4 Å². The molecule has 0 saturated heterocycles. The Labute approximate surface area is 95.9 Å². The molecule has 3 nitrogen and oxygen atoms in total. The number of thiazole rings is 1. The van der Waals surface area contributed by atoms with Gasteiger partial charge in [-0.25, -0.2) is 4.98 Å². The zero-order valence-electron chi connectivity index (χ0n) is 9.96. The van der Waals surface area contributed by atoms with Crippen molar-refractivity contribution in [3.63, 3.8) is 0 Å². The third-order valence-corrected chi connectivity index (χ3v) is 3.53. The maximum atomic E-state index is 5.53. The fourth-order valence-electron chi connectivity index (χ4n) is 1.35. The first-order valence-electron chi connectivity index (χ1n) is 5.47. The van der Waals surface area contributed by atoms with E-state index in [2.05, 4.69) is 31.1 Å². The molecule has 15 heavy (non-hydrogen) atoms. The van der Waals surface area contributed by atoms with Crippen molar-refractivity contribution in [2.45, 2.75) is 40.3 Å². The van der Waals surface area contributed by atoms with Crippen molar-refractivity contribution in [3.05, 3.63) is 15.6 Å². The van der Waals surface area contributed by atoms with Crippen LogP contribution in [0.25, 0.3) is 0 Å². The Bertz CT molecular complexity index is 299. The number of rotatable bonds is 6. The van der Waals surface area contributed by atoms with E-state index in [9.17, 15) is 0 Å². The normalized spacial score (nSPS) is 13.1. The lowest BCUT2D eigenvalue weighted by molar-refractivity contribution is 0.0761. The van der Waals surface area contributed by atoms with Crippen LogP contribution in [0.3, 0.4) is 0 Å². The van der Waals surface area contributed by atoms with Crippen LogP contribution in [-0.4, -0.2) is 18.1 Å². The van der Waals surface area contributed by atoms with Crippen LogP contribution in [0.15, 0.2) is 0 Å². The molecule has 1 heterocycles. The number of nitrogens with one attached hydrogen (secondary N) is 1. The van der Waals surface area contributed by atoms with Gasteiger partial charge in [0.25, 0.3) is 0 Å². The molecule has 0 saturated carbocycles. The predicted molar refractivity (Wildman–Crippen MR) is 64.3 cm³/mol. The van der Waals surface area contributed by atoms with Crippen LogP contribution in [0.1, 0.15) is 42.5 Å². The van der Waals surface area contributed by atoms with Gasteiger partial charge in [-0.05, 0) is 27.3 Å². The molecule has 0 amide bonds. The Morgan fingerprint density at radius 3 is 2.80 bits per heavy atom. The predicted octanol–water partition coefficient (Wildman–Crippen LogP) is 2.66. The number of hydrogen-bond donors (Lipinski definition) is 1. The summed E-state index contributed by atoms with van der Waals surface area (Å²) in [7, 11) is 0. The van der Waals surface area contributed by atoms with Gasteiger partial charge in [0.2, 0.25) is 0 Å². The lowest BCUT2D eigenvalue weighted by Gasteiger charge is -2.06. The van der Waals surface area contributed by atoms with Crippen molar-refractivity contribution in [3.8, 4) is 0 Å². The van der Waals surface area contributed by atoms with Crippen LogP contribution in [0.5, 0.6) is 0 Å². The van der Waals surface area contributed by atoms with Crippen LogP contribution < -0.4 is 5.32 Å². The summed E-state index contributed by atoms with van der Waals surface area (Å²) in [5.74, 6) is 0. The smallest absolute Gasteiger partial charge is 0.122 e. The van der Waals surface area contributed by atoms with Crippen LogP contribution >= 0.6 is 11.3 Å². The molecule has 1 rings (SSSR count). The van der Waals surface area contributed by atoms with Gasteiger partial charge in [-0.1, -0.05) is 6.92 Å². The summed E-state index contributed by atoms with van der Waals surface area (Å²) in [6, 6.07) is 0. The standard InChI is InChI=1S/C11H20N2OS/c1-5-12-7-10-8(3)13-11(15-10)9(4)14-6-2/h9,12H,5-7H2,1-4H3. The van der Waals surface area contributed by atoms with Gasteiger partial charge in [-0.2, -0.15) is 0 Å². The fourth-order valence-corrected chi connectivity index (χ4v) is 2.38. The lowest BCUT2D eigenvalue weighted by atomic mass is 10.4. The van der Waals surface area contributed by atoms with Crippen molar-refractivity contribution in [2.24, 2.45) is 0 Å². The van der Waals surface area contributed by atoms with Gasteiger partial charge in [0.05, 0.1) is 5.69 Å². The van der Waals surface area contributed by atoms with E-state index in [1.807, 2.05) is 6.92 Å². The summed E-state index contributed by atoms with van der Waals surface area (Å²) in [4.78, 5) is 5.85. The Morgan fingerprint density at radius 2 is 2.20 bits per heavy atom. The lowest BCUT2D eigenvalue weighted by Crippen LogP contribution is -2.11. The second-order valence-electron chi connectivity index (χ2n) is 3.44. The van der Waals surface area contributed by atoms with Gasteiger partial charge in [-0.3, -0.25) is 0 Å². The number of aryl methyl sites for hydroxylation is 1. The van der Waals surface area contributed by atoms with Crippen LogP contribution in [0.2, 0.25) is 0 Å². The molecule has 0 aliphatic carbocycles. The SMILES string of the molecule is CCNCc1sc(C(C)OCC)nc1C. The molecule has 86 valence electrons. The second-order valence-corrected chi connectivity index (χ2v) is 4.55. The molecule has 0 bridgehead atoms. The van der Waals surface area contributed by atoms with Crippen molar-refractivity contribution in [2.75, 3.05) is 13.2 Å². The minimum absolute atomic E-state index is 0.120. The van der Waals surface area contributed by atoms with Crippen LogP contribution in [0.4, 0.5) is 0 Å². The van der Waals surface area contributed by atoms with E-state index >= 15 is 0 Å². The molecule has 4 heteroatoms. The molecule has 1 N–H and O–H groups in total. The Balaban J connectivity index is 2.67. The number of nitrogens with zero attached hydrogens (tertiary/aromatic N) is 1. The molecule has 1 atom stereocenters. The number of hydrogen-bond acceptors (Lipinski definition) is 4. The topological polar surface area (TPSA) is 34.1 Å². The second kappa shape index (κ2) is 6.20. The van der Waals surface area contributed by atoms with Gasteiger partial charge in [0, 0.05) is 18.0 Å². The first-order valence-corrected chi connectivity index (χ1v) is 6.29. The number of aromatic nitrogens is 1. The van der Waals surface area contributed by atoms with E-state index in [1.165, 1.54) is 4.88 Å². The average Bonchev–Trinajstić information content (AvgIpc) is 2.57. The van der Waals surface area contributed by atoms with E-state index in [0.29, 0.717) is 0 Å². The van der Waals surface area contributed by atoms with Crippen LogP contribution in [0, 0.1) is 6.92 Å². The molecule has 0 fully saturated rings. The van der Waals surface area contributed by atoms with Crippen molar-refractivity contribution in [1.82, 2.24) is 10.3 Å². The van der Waals surface area contributed by atoms with Crippen molar-refractivity contribution in [1.29, 1.82) is 0 Å². The largest absolute Gasteiger partial charge is 0.372 e. The monoisotopic (exact) mass is 228 g/mol. The summed E-state index contributed by atoms with van der Waals surface area (Å²) in [5, 5.41) is 4.40. The zero-order valence-corrected chi connectivity index (χ0v) is 10.8. The molecular formula is C11H20N2OS. The van der Waals surface area contributed by atoms with Gasteiger partial charge in [-0.15, -0.1) is 11.3 Å². The van der Waals surface area contributed by atoms with Crippen LogP contribution in [-0.2, 0) is 11.3 Å². The first kappa shape index (κ1) is 12.6. The van der Waals surface area contributed by atoms with Crippen molar-refractivity contribution < 1.29 is 4.74 Å². The highest BCUT2D eigenvalue weighted by Gasteiger charge is 2.12. The molecule has 0 spiro atoms. The molecule has 0 aliphatic heterocycles. The zero-order chi connectivity index (χ0) is 11.3. The Hall–Kier alpha value is -0.450. The van der Waals surface area contributed by atoms with E-state index in [1.54, 1.807) is 11.3 Å². The molecule has 1 aromatic rings. The van der Waals surface area contributed by atoms with Gasteiger partial charge >= 0.3 is 0 Å². The number of ether oxygens (including phenoxy) is 1. The molecule has 0 aliphatic rings. The average molecular weight is 228 g/mol. The first-order chi connectivity index (χ1) is 7.19. The highest BCUT2D eigenvalue weighted by molar-refractivity contribution is 7.11. The summed E-state index contributed by atoms with van der Waals surface area (Å²) >= 11 is 1.75. The summed E-state index contributed by atoms with van der Waals surface area (Å²) in [6.07, 6.45) is 0.120. The van der Waals surface area contributed by atoms with Gasteiger partial charge in [0.15, 0.2) is 0 Å².